The van der Waals surface area contributed by atoms with Crippen LogP contribution in [0, 0.1) is 17.3 Å². The SMILES string of the molecule is CC1CCC(C(=O)C(N)=O)(C(C)C)CC1. The highest BCUT2D eigenvalue weighted by atomic mass is 16.2. The van der Waals surface area contributed by atoms with Gasteiger partial charge in [-0.1, -0.05) is 20.8 Å². The molecule has 1 aliphatic rings. The lowest BCUT2D eigenvalue weighted by molar-refractivity contribution is -0.146. The van der Waals surface area contributed by atoms with Gasteiger partial charge in [0.2, 0.25) is 5.78 Å². The maximum atomic E-state index is 11.9. The van der Waals surface area contributed by atoms with Gasteiger partial charge in [-0.25, -0.2) is 0 Å². The predicted molar refractivity (Wildman–Crippen MR) is 59.1 cm³/mol. The first-order valence-electron chi connectivity index (χ1n) is 5.74. The Hall–Kier alpha value is -0.860. The zero-order valence-electron chi connectivity index (χ0n) is 9.88. The second-order valence-electron chi connectivity index (χ2n) is 5.19. The molecule has 1 fully saturated rings. The van der Waals surface area contributed by atoms with E-state index in [0.717, 1.165) is 25.7 Å². The molecule has 0 spiro atoms. The largest absolute Gasteiger partial charge is 0.363 e. The molecular weight excluding hydrogens is 190 g/mol. The molecule has 1 saturated carbocycles. The predicted octanol–water partition coefficient (Wildman–Crippen LogP) is 1.89. The summed E-state index contributed by atoms with van der Waals surface area (Å²) < 4.78 is 0. The summed E-state index contributed by atoms with van der Waals surface area (Å²) in [5.74, 6) is -0.259. The topological polar surface area (TPSA) is 60.2 Å². The van der Waals surface area contributed by atoms with E-state index in [1.165, 1.54) is 0 Å². The molecule has 0 aromatic rings. The number of nitrogens with two attached hydrogens (primary N) is 1. The number of carbonyl (C=O) groups excluding carboxylic acids is 2. The fraction of sp³-hybridized carbons (Fsp3) is 0.833. The number of carbonyl (C=O) groups is 2. The Morgan fingerprint density at radius 1 is 1.27 bits per heavy atom. The van der Waals surface area contributed by atoms with Crippen LogP contribution in [-0.2, 0) is 9.59 Å². The first-order chi connectivity index (χ1) is 6.90. The van der Waals surface area contributed by atoms with Crippen LogP contribution in [0.15, 0.2) is 0 Å². The van der Waals surface area contributed by atoms with Crippen molar-refractivity contribution in [2.45, 2.75) is 46.5 Å². The van der Waals surface area contributed by atoms with Crippen molar-refractivity contribution in [1.82, 2.24) is 0 Å². The van der Waals surface area contributed by atoms with Gasteiger partial charge in [0.1, 0.15) is 0 Å². The quantitative estimate of drug-likeness (QED) is 0.725. The van der Waals surface area contributed by atoms with Gasteiger partial charge < -0.3 is 5.73 Å². The van der Waals surface area contributed by atoms with Crippen LogP contribution in [0.4, 0.5) is 0 Å². The Bertz CT molecular complexity index is 263. The normalized spacial score (nSPS) is 31.6. The first-order valence-corrected chi connectivity index (χ1v) is 5.74. The van der Waals surface area contributed by atoms with Gasteiger partial charge in [0.25, 0.3) is 5.91 Å². The lowest BCUT2D eigenvalue weighted by atomic mass is 9.62. The minimum Gasteiger partial charge on any atom is -0.363 e. The monoisotopic (exact) mass is 211 g/mol. The number of amides is 1. The van der Waals surface area contributed by atoms with Crippen LogP contribution in [-0.4, -0.2) is 11.7 Å². The van der Waals surface area contributed by atoms with Gasteiger partial charge in [0.05, 0.1) is 0 Å². The van der Waals surface area contributed by atoms with Crippen molar-refractivity contribution in [2.24, 2.45) is 23.0 Å². The molecule has 1 amide bonds. The number of Topliss-reactive ketones (excluding diaryl/α,β-unsaturated/α-hetero) is 1. The zero-order chi connectivity index (χ0) is 11.6. The minimum absolute atomic E-state index is 0.199. The van der Waals surface area contributed by atoms with Crippen LogP contribution in [0.3, 0.4) is 0 Å². The highest BCUT2D eigenvalue weighted by molar-refractivity contribution is 6.37. The van der Waals surface area contributed by atoms with E-state index >= 15 is 0 Å². The third-order valence-electron chi connectivity index (χ3n) is 3.95. The Labute approximate surface area is 91.4 Å². The summed E-state index contributed by atoms with van der Waals surface area (Å²) in [6.45, 7) is 6.21. The Morgan fingerprint density at radius 2 is 1.73 bits per heavy atom. The highest BCUT2D eigenvalue weighted by Gasteiger charge is 2.45. The molecule has 3 nitrogen and oxygen atoms in total. The van der Waals surface area contributed by atoms with Gasteiger partial charge in [-0.15, -0.1) is 0 Å². The summed E-state index contributed by atoms with van der Waals surface area (Å²) in [6, 6.07) is 0. The van der Waals surface area contributed by atoms with Gasteiger partial charge >= 0.3 is 0 Å². The number of rotatable bonds is 3. The Kier molecular flexibility index (Phi) is 3.53. The van der Waals surface area contributed by atoms with Gasteiger partial charge in [-0.3, -0.25) is 9.59 Å². The Balaban J connectivity index is 2.90. The standard InChI is InChI=1S/C12H21NO2/c1-8(2)12(10(14)11(13)15)6-4-9(3)5-7-12/h8-9H,4-7H2,1-3H3,(H2,13,15). The highest BCUT2D eigenvalue weighted by Crippen LogP contribution is 2.44. The summed E-state index contributed by atoms with van der Waals surface area (Å²) in [5.41, 5.74) is 4.66. The molecule has 0 aromatic heterocycles. The van der Waals surface area contributed by atoms with Crippen molar-refractivity contribution in [3.8, 4) is 0 Å². The fourth-order valence-corrected chi connectivity index (χ4v) is 2.59. The van der Waals surface area contributed by atoms with Crippen LogP contribution < -0.4 is 5.73 Å². The van der Waals surface area contributed by atoms with Crippen molar-refractivity contribution in [3.63, 3.8) is 0 Å². The molecular formula is C12H21NO2. The van der Waals surface area contributed by atoms with Crippen molar-refractivity contribution in [2.75, 3.05) is 0 Å². The van der Waals surface area contributed by atoms with Crippen LogP contribution in [0.1, 0.15) is 46.5 Å². The van der Waals surface area contributed by atoms with E-state index in [0.29, 0.717) is 5.92 Å². The zero-order valence-corrected chi connectivity index (χ0v) is 9.88. The number of hydrogen-bond acceptors (Lipinski definition) is 2. The molecule has 2 N–H and O–H groups in total. The van der Waals surface area contributed by atoms with Crippen molar-refractivity contribution in [1.29, 1.82) is 0 Å². The lowest BCUT2D eigenvalue weighted by Crippen LogP contribution is -2.45. The summed E-state index contributed by atoms with van der Waals surface area (Å²) in [7, 11) is 0. The molecule has 0 atom stereocenters. The lowest BCUT2D eigenvalue weighted by Gasteiger charge is -2.40. The van der Waals surface area contributed by atoms with E-state index in [1.54, 1.807) is 0 Å². The Morgan fingerprint density at radius 3 is 2.07 bits per heavy atom. The minimum atomic E-state index is -0.766. The van der Waals surface area contributed by atoms with E-state index < -0.39 is 11.3 Å². The van der Waals surface area contributed by atoms with E-state index in [9.17, 15) is 9.59 Å². The smallest absolute Gasteiger partial charge is 0.285 e. The van der Waals surface area contributed by atoms with Crippen molar-refractivity contribution < 1.29 is 9.59 Å². The average Bonchev–Trinajstić information content (AvgIpc) is 2.17. The molecule has 15 heavy (non-hydrogen) atoms. The van der Waals surface area contributed by atoms with Crippen LogP contribution in [0.25, 0.3) is 0 Å². The average molecular weight is 211 g/mol. The van der Waals surface area contributed by atoms with Crippen molar-refractivity contribution in [3.05, 3.63) is 0 Å². The van der Waals surface area contributed by atoms with E-state index in [4.69, 9.17) is 5.73 Å². The molecule has 86 valence electrons. The first kappa shape index (κ1) is 12.2. The second kappa shape index (κ2) is 4.33. The molecule has 0 heterocycles. The molecule has 0 bridgehead atoms. The maximum absolute atomic E-state index is 11.9. The van der Waals surface area contributed by atoms with Gasteiger partial charge in [-0.2, -0.15) is 0 Å². The molecule has 3 heteroatoms. The van der Waals surface area contributed by atoms with Crippen LogP contribution in [0.2, 0.25) is 0 Å². The van der Waals surface area contributed by atoms with Crippen LogP contribution >= 0.6 is 0 Å². The van der Waals surface area contributed by atoms with Gasteiger partial charge in [0, 0.05) is 5.41 Å². The summed E-state index contributed by atoms with van der Waals surface area (Å²) in [5, 5.41) is 0. The summed E-state index contributed by atoms with van der Waals surface area (Å²) in [4.78, 5) is 23.0. The third-order valence-corrected chi connectivity index (χ3v) is 3.95. The third kappa shape index (κ3) is 2.21. The summed E-state index contributed by atoms with van der Waals surface area (Å²) in [6.07, 6.45) is 3.68. The molecule has 0 saturated heterocycles. The second-order valence-corrected chi connectivity index (χ2v) is 5.19. The molecule has 0 aromatic carbocycles. The molecule has 0 aliphatic heterocycles. The number of ketones is 1. The van der Waals surface area contributed by atoms with Gasteiger partial charge in [0.15, 0.2) is 0 Å². The van der Waals surface area contributed by atoms with Crippen molar-refractivity contribution >= 4 is 11.7 Å². The molecule has 0 radical (unpaired) electrons. The van der Waals surface area contributed by atoms with E-state index in [1.807, 2.05) is 13.8 Å². The molecule has 0 unspecified atom stereocenters. The number of hydrogen-bond donors (Lipinski definition) is 1. The van der Waals surface area contributed by atoms with Gasteiger partial charge in [-0.05, 0) is 37.5 Å². The van der Waals surface area contributed by atoms with Crippen LogP contribution in [0.5, 0.6) is 0 Å². The van der Waals surface area contributed by atoms with E-state index in [2.05, 4.69) is 6.92 Å². The summed E-state index contributed by atoms with van der Waals surface area (Å²) >= 11 is 0. The van der Waals surface area contributed by atoms with E-state index in [-0.39, 0.29) is 11.7 Å². The molecule has 1 rings (SSSR count). The molecule has 1 aliphatic carbocycles. The fourth-order valence-electron chi connectivity index (χ4n) is 2.59. The maximum Gasteiger partial charge on any atom is 0.285 e. The number of primary amides is 1.